The lowest BCUT2D eigenvalue weighted by molar-refractivity contribution is -0.136. The molecule has 2 aliphatic heterocycles. The quantitative estimate of drug-likeness (QED) is 0.329. The number of amides is 1. The van der Waals surface area contributed by atoms with E-state index in [0.29, 0.717) is 6.61 Å². The number of likely N-dealkylation sites (N-methyl/N-ethyl adjacent to an activating group) is 1. The number of benzene rings is 3. The van der Waals surface area contributed by atoms with Crippen molar-refractivity contribution < 1.29 is 9.53 Å². The highest BCUT2D eigenvalue weighted by Crippen LogP contribution is 2.34. The second-order valence-electron chi connectivity index (χ2n) is 10.9. The summed E-state index contributed by atoms with van der Waals surface area (Å²) < 4.78 is 5.99. The largest absolute Gasteiger partial charge is 0.489 e. The van der Waals surface area contributed by atoms with Crippen LogP contribution in [0.4, 0.5) is 0 Å². The lowest BCUT2D eigenvalue weighted by Crippen LogP contribution is -2.46. The van der Waals surface area contributed by atoms with E-state index in [4.69, 9.17) is 9.72 Å². The van der Waals surface area contributed by atoms with Gasteiger partial charge in [0.25, 0.3) is 0 Å². The lowest BCUT2D eigenvalue weighted by Gasteiger charge is -2.29. The van der Waals surface area contributed by atoms with Crippen molar-refractivity contribution in [1.82, 2.24) is 24.7 Å². The standard InChI is InChI=1S/C32H37N5O2S/c1-35-16-7-17-36(19-18-35)31(38)30-20-27(40-32-33-28-10-5-6-11-29(28)34-32)22-37(30)21-24-12-14-26(15-13-24)39-23-25-8-3-2-4-9-25/h2-6,8-15,27,30H,7,16-23H2,1H3,(H,33,34)/t27-,30+/m1/s1. The third kappa shape index (κ3) is 6.52. The zero-order valence-electron chi connectivity index (χ0n) is 23.0. The van der Waals surface area contributed by atoms with Gasteiger partial charge in [0, 0.05) is 38.0 Å². The molecule has 0 saturated carbocycles. The number of imidazole rings is 1. The number of hydrogen-bond donors (Lipinski definition) is 1. The van der Waals surface area contributed by atoms with Gasteiger partial charge in [-0.25, -0.2) is 4.98 Å². The second-order valence-corrected chi connectivity index (χ2v) is 12.2. The van der Waals surface area contributed by atoms with Gasteiger partial charge >= 0.3 is 0 Å². The van der Waals surface area contributed by atoms with Crippen molar-refractivity contribution in [3.05, 3.63) is 90.0 Å². The molecule has 1 amide bonds. The molecule has 0 unspecified atom stereocenters. The molecule has 0 bridgehead atoms. The zero-order chi connectivity index (χ0) is 27.3. The average molecular weight is 556 g/mol. The van der Waals surface area contributed by atoms with Crippen molar-refractivity contribution in [2.75, 3.05) is 39.8 Å². The monoisotopic (exact) mass is 555 g/mol. The van der Waals surface area contributed by atoms with Crippen LogP contribution < -0.4 is 4.74 Å². The van der Waals surface area contributed by atoms with E-state index in [1.807, 2.05) is 48.5 Å². The van der Waals surface area contributed by atoms with E-state index >= 15 is 0 Å². The summed E-state index contributed by atoms with van der Waals surface area (Å²) >= 11 is 1.76. The number of aromatic amines is 1. The molecular formula is C32H37N5O2S. The van der Waals surface area contributed by atoms with E-state index in [1.54, 1.807) is 11.8 Å². The van der Waals surface area contributed by atoms with Gasteiger partial charge in [0.05, 0.1) is 17.1 Å². The van der Waals surface area contributed by atoms with Crippen LogP contribution in [0.3, 0.4) is 0 Å². The van der Waals surface area contributed by atoms with Crippen molar-refractivity contribution in [2.45, 2.75) is 42.4 Å². The molecule has 6 rings (SSSR count). The summed E-state index contributed by atoms with van der Waals surface area (Å²) in [5.41, 5.74) is 4.37. The third-order valence-corrected chi connectivity index (χ3v) is 8.98. The fourth-order valence-electron chi connectivity index (χ4n) is 5.67. The highest BCUT2D eigenvalue weighted by atomic mass is 32.2. The fraction of sp³-hybridized carbons (Fsp3) is 0.375. The molecule has 7 nitrogen and oxygen atoms in total. The van der Waals surface area contributed by atoms with Gasteiger partial charge in [-0.1, -0.05) is 66.4 Å². The normalized spacial score (nSPS) is 20.6. The van der Waals surface area contributed by atoms with Crippen molar-refractivity contribution >= 4 is 28.7 Å². The van der Waals surface area contributed by atoms with Gasteiger partial charge in [0.2, 0.25) is 5.91 Å². The van der Waals surface area contributed by atoms with Crippen LogP contribution in [0.25, 0.3) is 11.0 Å². The highest BCUT2D eigenvalue weighted by Gasteiger charge is 2.39. The first kappa shape index (κ1) is 26.9. The molecule has 2 aliphatic rings. The molecule has 1 N–H and O–H groups in total. The molecule has 2 atom stereocenters. The van der Waals surface area contributed by atoms with Gasteiger partial charge in [-0.2, -0.15) is 0 Å². The van der Waals surface area contributed by atoms with Crippen molar-refractivity contribution in [3.63, 3.8) is 0 Å². The summed E-state index contributed by atoms with van der Waals surface area (Å²) in [4.78, 5) is 28.9. The smallest absolute Gasteiger partial charge is 0.240 e. The summed E-state index contributed by atoms with van der Waals surface area (Å²) in [7, 11) is 2.14. The van der Waals surface area contributed by atoms with E-state index in [1.165, 1.54) is 5.56 Å². The third-order valence-electron chi connectivity index (χ3n) is 7.88. The molecule has 0 radical (unpaired) electrons. The number of nitrogens with zero attached hydrogens (tertiary/aromatic N) is 4. The molecule has 1 aromatic heterocycles. The number of carbonyl (C=O) groups excluding carboxylic acids is 1. The Bertz CT molecular complexity index is 1380. The Morgan fingerprint density at radius 1 is 0.950 bits per heavy atom. The number of H-pyrrole nitrogens is 1. The molecule has 4 aromatic rings. The molecular weight excluding hydrogens is 518 g/mol. The molecule has 2 saturated heterocycles. The maximum Gasteiger partial charge on any atom is 0.240 e. The van der Waals surface area contributed by atoms with Crippen molar-refractivity contribution in [1.29, 1.82) is 0 Å². The number of thioether (sulfide) groups is 1. The van der Waals surface area contributed by atoms with Gasteiger partial charge < -0.3 is 19.5 Å². The van der Waals surface area contributed by atoms with Crippen molar-refractivity contribution in [2.24, 2.45) is 0 Å². The van der Waals surface area contributed by atoms with Gasteiger partial charge in [-0.3, -0.25) is 9.69 Å². The summed E-state index contributed by atoms with van der Waals surface area (Å²) in [6.07, 6.45) is 1.85. The summed E-state index contributed by atoms with van der Waals surface area (Å²) in [5, 5.41) is 1.22. The Kier molecular flexibility index (Phi) is 8.37. The maximum absolute atomic E-state index is 13.9. The van der Waals surface area contributed by atoms with Crippen LogP contribution in [0, 0.1) is 0 Å². The number of carbonyl (C=O) groups is 1. The van der Waals surface area contributed by atoms with Gasteiger partial charge in [-0.05, 0) is 61.8 Å². The predicted molar refractivity (Wildman–Crippen MR) is 160 cm³/mol. The lowest BCUT2D eigenvalue weighted by atomic mass is 10.1. The number of fused-ring (bicyclic) bond motifs is 1. The topological polar surface area (TPSA) is 64.7 Å². The van der Waals surface area contributed by atoms with Crippen LogP contribution >= 0.6 is 11.8 Å². The van der Waals surface area contributed by atoms with E-state index in [-0.39, 0.29) is 17.2 Å². The van der Waals surface area contributed by atoms with Crippen molar-refractivity contribution in [3.8, 4) is 5.75 Å². The first-order chi connectivity index (χ1) is 19.6. The maximum atomic E-state index is 13.9. The number of hydrogen-bond acceptors (Lipinski definition) is 6. The Labute approximate surface area is 240 Å². The Morgan fingerprint density at radius 2 is 1.75 bits per heavy atom. The number of aromatic nitrogens is 2. The van der Waals surface area contributed by atoms with E-state index in [9.17, 15) is 4.79 Å². The number of rotatable bonds is 8. The number of nitrogens with one attached hydrogen (secondary N) is 1. The average Bonchev–Trinajstić information content (AvgIpc) is 3.50. The predicted octanol–water partition coefficient (Wildman–Crippen LogP) is 5.04. The van der Waals surface area contributed by atoms with Crippen LogP contribution in [0.1, 0.15) is 24.0 Å². The molecule has 0 aliphatic carbocycles. The van der Waals surface area contributed by atoms with Gasteiger partial charge in [0.1, 0.15) is 12.4 Å². The van der Waals surface area contributed by atoms with Crippen LogP contribution in [-0.2, 0) is 17.9 Å². The Morgan fingerprint density at radius 3 is 2.58 bits per heavy atom. The minimum Gasteiger partial charge on any atom is -0.489 e. The number of para-hydroxylation sites is 2. The SMILES string of the molecule is CN1CCCN(C(=O)[C@@H]2C[C@@H](Sc3nc4ccccc4[nH]3)CN2Cc2ccc(OCc3ccccc3)cc2)CC1. The van der Waals surface area contributed by atoms with E-state index in [0.717, 1.165) is 79.6 Å². The fourth-order valence-corrected chi connectivity index (χ4v) is 6.85. The summed E-state index contributed by atoms with van der Waals surface area (Å²) in [6.45, 7) is 5.74. The first-order valence-electron chi connectivity index (χ1n) is 14.2. The second kappa shape index (κ2) is 12.5. The molecule has 208 valence electrons. The molecule has 40 heavy (non-hydrogen) atoms. The van der Waals surface area contributed by atoms with E-state index in [2.05, 4.69) is 57.1 Å². The Hall–Kier alpha value is -3.33. The molecule has 0 spiro atoms. The summed E-state index contributed by atoms with van der Waals surface area (Å²) in [6, 6.07) is 26.5. The van der Waals surface area contributed by atoms with Crippen LogP contribution in [0.5, 0.6) is 5.75 Å². The minimum absolute atomic E-state index is 0.126. The number of ether oxygens (including phenoxy) is 1. The summed E-state index contributed by atoms with van der Waals surface area (Å²) in [5.74, 6) is 1.12. The molecule has 8 heteroatoms. The molecule has 2 fully saturated rings. The van der Waals surface area contributed by atoms with Gasteiger partial charge in [-0.15, -0.1) is 0 Å². The van der Waals surface area contributed by atoms with Crippen LogP contribution in [0.2, 0.25) is 0 Å². The Balaban J connectivity index is 1.15. The van der Waals surface area contributed by atoms with Gasteiger partial charge in [0.15, 0.2) is 5.16 Å². The van der Waals surface area contributed by atoms with E-state index < -0.39 is 0 Å². The first-order valence-corrected chi connectivity index (χ1v) is 15.1. The number of likely N-dealkylation sites (tertiary alicyclic amines) is 1. The molecule has 3 heterocycles. The highest BCUT2D eigenvalue weighted by molar-refractivity contribution is 7.99. The van der Waals surface area contributed by atoms with Crippen LogP contribution in [0.15, 0.2) is 84.0 Å². The zero-order valence-corrected chi connectivity index (χ0v) is 23.9. The molecule has 3 aromatic carbocycles. The minimum atomic E-state index is -0.126. The van der Waals surface area contributed by atoms with Crippen LogP contribution in [-0.4, -0.2) is 81.6 Å².